The lowest BCUT2D eigenvalue weighted by Gasteiger charge is -2.31. The van der Waals surface area contributed by atoms with Gasteiger partial charge in [0.05, 0.1) is 5.56 Å². The second-order valence-corrected chi connectivity index (χ2v) is 5.39. The zero-order valence-electron chi connectivity index (χ0n) is 10.0. The van der Waals surface area contributed by atoms with Crippen molar-refractivity contribution in [2.24, 2.45) is 0 Å². The summed E-state index contributed by atoms with van der Waals surface area (Å²) in [6, 6.07) is 6.87. The Kier molecular flexibility index (Phi) is 2.85. The maximum Gasteiger partial charge on any atom is 0.416 e. The molecule has 0 amide bonds. The molecule has 18 heavy (non-hydrogen) atoms. The van der Waals surface area contributed by atoms with Crippen molar-refractivity contribution in [2.45, 2.75) is 49.9 Å². The van der Waals surface area contributed by atoms with Gasteiger partial charge in [-0.05, 0) is 43.2 Å². The molecule has 3 rings (SSSR count). The molecule has 0 spiro atoms. The van der Waals surface area contributed by atoms with Crippen LogP contribution in [0.3, 0.4) is 0 Å². The fraction of sp³-hybridized carbons (Fsp3) is 0.571. The number of hydrogen-bond acceptors (Lipinski definition) is 1. The Morgan fingerprint density at radius 1 is 1.00 bits per heavy atom. The second-order valence-electron chi connectivity index (χ2n) is 5.39. The summed E-state index contributed by atoms with van der Waals surface area (Å²) < 4.78 is 39.0. The summed E-state index contributed by atoms with van der Waals surface area (Å²) in [6.45, 7) is 0. The van der Waals surface area contributed by atoms with Gasteiger partial charge in [-0.1, -0.05) is 18.2 Å². The first-order valence-electron chi connectivity index (χ1n) is 6.46. The summed E-state index contributed by atoms with van der Waals surface area (Å²) in [5, 5.41) is 3.47. The molecule has 0 radical (unpaired) electrons. The Hall–Kier alpha value is -1.03. The third kappa shape index (κ3) is 2.14. The molecule has 1 aromatic rings. The maximum absolute atomic E-state index is 13.0. The lowest BCUT2D eigenvalue weighted by molar-refractivity contribution is -0.138. The van der Waals surface area contributed by atoms with Crippen molar-refractivity contribution in [3.8, 4) is 0 Å². The Balaban J connectivity index is 1.92. The minimum absolute atomic E-state index is 0.0570. The summed E-state index contributed by atoms with van der Waals surface area (Å²) in [5.41, 5.74) is 0.0414. The Bertz CT molecular complexity index is 429. The SMILES string of the molecule is FC(F)(F)c1ccccc1C1C[C@H]2CC[C@@H](C1)N2. The minimum Gasteiger partial charge on any atom is -0.311 e. The van der Waals surface area contributed by atoms with E-state index in [9.17, 15) is 13.2 Å². The van der Waals surface area contributed by atoms with E-state index >= 15 is 0 Å². The molecule has 2 saturated heterocycles. The largest absolute Gasteiger partial charge is 0.416 e. The number of nitrogens with one attached hydrogen (secondary N) is 1. The van der Waals surface area contributed by atoms with E-state index in [-0.39, 0.29) is 5.92 Å². The molecule has 0 saturated carbocycles. The molecule has 1 unspecified atom stereocenters. The van der Waals surface area contributed by atoms with Crippen LogP contribution in [0.5, 0.6) is 0 Å². The molecule has 2 bridgehead atoms. The highest BCUT2D eigenvalue weighted by Crippen LogP contribution is 2.42. The van der Waals surface area contributed by atoms with E-state index in [1.165, 1.54) is 12.1 Å². The summed E-state index contributed by atoms with van der Waals surface area (Å²) in [4.78, 5) is 0. The van der Waals surface area contributed by atoms with Crippen LogP contribution in [0.25, 0.3) is 0 Å². The Morgan fingerprint density at radius 2 is 1.61 bits per heavy atom. The van der Waals surface area contributed by atoms with E-state index in [4.69, 9.17) is 0 Å². The van der Waals surface area contributed by atoms with Gasteiger partial charge in [-0.15, -0.1) is 0 Å². The lowest BCUT2D eigenvalue weighted by atomic mass is 9.84. The molecule has 2 heterocycles. The monoisotopic (exact) mass is 255 g/mol. The van der Waals surface area contributed by atoms with Gasteiger partial charge in [-0.25, -0.2) is 0 Å². The van der Waals surface area contributed by atoms with Gasteiger partial charge in [-0.3, -0.25) is 0 Å². The molecule has 1 nitrogen and oxygen atoms in total. The van der Waals surface area contributed by atoms with E-state index in [0.717, 1.165) is 25.7 Å². The number of halogens is 3. The van der Waals surface area contributed by atoms with E-state index in [1.54, 1.807) is 12.1 Å². The molecule has 0 aromatic heterocycles. The first-order valence-corrected chi connectivity index (χ1v) is 6.46. The second kappa shape index (κ2) is 4.26. The van der Waals surface area contributed by atoms with Crippen LogP contribution in [-0.4, -0.2) is 12.1 Å². The van der Waals surface area contributed by atoms with Crippen LogP contribution in [0, 0.1) is 0 Å². The third-order valence-electron chi connectivity index (χ3n) is 4.18. The van der Waals surface area contributed by atoms with Gasteiger partial charge in [0, 0.05) is 12.1 Å². The maximum atomic E-state index is 13.0. The fourth-order valence-electron chi connectivity index (χ4n) is 3.42. The van der Waals surface area contributed by atoms with E-state index in [0.29, 0.717) is 17.6 Å². The van der Waals surface area contributed by atoms with Crippen molar-refractivity contribution in [2.75, 3.05) is 0 Å². The zero-order chi connectivity index (χ0) is 12.8. The molecular weight excluding hydrogens is 239 g/mol. The molecule has 98 valence electrons. The van der Waals surface area contributed by atoms with Gasteiger partial charge in [0.2, 0.25) is 0 Å². The summed E-state index contributed by atoms with van der Waals surface area (Å²) in [7, 11) is 0. The van der Waals surface area contributed by atoms with Crippen molar-refractivity contribution in [1.82, 2.24) is 5.32 Å². The van der Waals surface area contributed by atoms with Crippen LogP contribution in [0.1, 0.15) is 42.7 Å². The summed E-state index contributed by atoms with van der Waals surface area (Å²) in [5.74, 6) is 0.0570. The Labute approximate surface area is 104 Å². The van der Waals surface area contributed by atoms with E-state index in [1.807, 2.05) is 0 Å². The fourth-order valence-corrected chi connectivity index (χ4v) is 3.42. The molecule has 4 heteroatoms. The van der Waals surface area contributed by atoms with Crippen molar-refractivity contribution >= 4 is 0 Å². The third-order valence-corrected chi connectivity index (χ3v) is 4.18. The zero-order valence-corrected chi connectivity index (χ0v) is 10.0. The quantitative estimate of drug-likeness (QED) is 0.806. The highest BCUT2D eigenvalue weighted by atomic mass is 19.4. The van der Waals surface area contributed by atoms with Gasteiger partial charge in [0.25, 0.3) is 0 Å². The van der Waals surface area contributed by atoms with Crippen molar-refractivity contribution in [3.05, 3.63) is 35.4 Å². The molecular formula is C14H16F3N. The van der Waals surface area contributed by atoms with Crippen LogP contribution in [0.4, 0.5) is 13.2 Å². The predicted octanol–water partition coefficient (Wildman–Crippen LogP) is 3.70. The molecule has 1 aromatic carbocycles. The highest BCUT2D eigenvalue weighted by Gasteiger charge is 2.39. The number of benzene rings is 1. The van der Waals surface area contributed by atoms with Crippen LogP contribution < -0.4 is 5.32 Å². The highest BCUT2D eigenvalue weighted by molar-refractivity contribution is 5.33. The first kappa shape index (κ1) is 12.0. The average molecular weight is 255 g/mol. The molecule has 3 atom stereocenters. The van der Waals surface area contributed by atoms with Crippen LogP contribution in [-0.2, 0) is 6.18 Å². The number of piperidine rings is 1. The molecule has 2 fully saturated rings. The van der Waals surface area contributed by atoms with Crippen molar-refractivity contribution in [1.29, 1.82) is 0 Å². The van der Waals surface area contributed by atoms with Gasteiger partial charge in [0.15, 0.2) is 0 Å². The molecule has 2 aliphatic rings. The van der Waals surface area contributed by atoms with E-state index < -0.39 is 11.7 Å². The number of alkyl halides is 3. The molecule has 1 N–H and O–H groups in total. The Morgan fingerprint density at radius 3 is 2.22 bits per heavy atom. The topological polar surface area (TPSA) is 12.0 Å². The predicted molar refractivity (Wildman–Crippen MR) is 63.4 cm³/mol. The summed E-state index contributed by atoms with van der Waals surface area (Å²) >= 11 is 0. The lowest BCUT2D eigenvalue weighted by Crippen LogP contribution is -2.37. The van der Waals surface area contributed by atoms with Gasteiger partial charge < -0.3 is 5.32 Å². The smallest absolute Gasteiger partial charge is 0.311 e. The van der Waals surface area contributed by atoms with Crippen LogP contribution in [0.15, 0.2) is 24.3 Å². The standard InChI is InChI=1S/C14H16F3N/c15-14(16,17)13-4-2-1-3-12(13)9-7-10-5-6-11(8-9)18-10/h1-4,9-11,18H,5-8H2/t9?,10-,11+. The van der Waals surface area contributed by atoms with Gasteiger partial charge >= 0.3 is 6.18 Å². The van der Waals surface area contributed by atoms with Crippen molar-refractivity contribution in [3.63, 3.8) is 0 Å². The number of fused-ring (bicyclic) bond motifs is 2. The van der Waals surface area contributed by atoms with Gasteiger partial charge in [-0.2, -0.15) is 13.2 Å². The summed E-state index contributed by atoms with van der Waals surface area (Å²) in [6.07, 6.45) is -0.349. The first-order chi connectivity index (χ1) is 8.54. The average Bonchev–Trinajstić information content (AvgIpc) is 2.67. The van der Waals surface area contributed by atoms with Crippen molar-refractivity contribution < 1.29 is 13.2 Å². The molecule has 2 aliphatic heterocycles. The van der Waals surface area contributed by atoms with E-state index in [2.05, 4.69) is 5.32 Å². The number of hydrogen-bond donors (Lipinski definition) is 1. The van der Waals surface area contributed by atoms with Gasteiger partial charge in [0.1, 0.15) is 0 Å². The van der Waals surface area contributed by atoms with Crippen LogP contribution >= 0.6 is 0 Å². The normalized spacial score (nSPS) is 31.6. The number of rotatable bonds is 1. The minimum atomic E-state index is -4.24. The molecule has 0 aliphatic carbocycles. The van der Waals surface area contributed by atoms with Crippen LogP contribution in [0.2, 0.25) is 0 Å².